The lowest BCUT2D eigenvalue weighted by molar-refractivity contribution is 0.00218. The van der Waals surface area contributed by atoms with Gasteiger partial charge in [0.2, 0.25) is 0 Å². The molecule has 0 amide bonds. The number of likely N-dealkylation sites (N-methyl/N-ethyl adjacent to an activating group) is 1. The van der Waals surface area contributed by atoms with Gasteiger partial charge in [-0.2, -0.15) is 0 Å². The minimum atomic E-state index is 0.341. The van der Waals surface area contributed by atoms with Crippen LogP contribution < -0.4 is 5.32 Å². The van der Waals surface area contributed by atoms with Crippen LogP contribution >= 0.6 is 0 Å². The zero-order chi connectivity index (χ0) is 8.97. The molecule has 1 heterocycles. The van der Waals surface area contributed by atoms with E-state index in [9.17, 15) is 0 Å². The molecule has 1 aliphatic rings. The van der Waals surface area contributed by atoms with E-state index in [-0.39, 0.29) is 0 Å². The van der Waals surface area contributed by atoms with Crippen LogP contribution in [0.25, 0.3) is 0 Å². The maximum absolute atomic E-state index is 5.57. The number of hydrogen-bond donors (Lipinski definition) is 1. The third-order valence-corrected chi connectivity index (χ3v) is 2.53. The molecule has 0 bridgehead atoms. The molecule has 1 fully saturated rings. The summed E-state index contributed by atoms with van der Waals surface area (Å²) in [6, 6.07) is 0.540. The average molecular weight is 172 g/mol. The van der Waals surface area contributed by atoms with E-state index in [1.807, 2.05) is 6.92 Å². The van der Waals surface area contributed by atoms with Gasteiger partial charge in [0, 0.05) is 32.3 Å². The molecule has 0 spiro atoms. The first kappa shape index (κ1) is 9.96. The number of ether oxygens (including phenoxy) is 1. The molecule has 1 N–H and O–H groups in total. The molecule has 1 rings (SSSR count). The summed E-state index contributed by atoms with van der Waals surface area (Å²) >= 11 is 0. The van der Waals surface area contributed by atoms with Gasteiger partial charge in [-0.15, -0.1) is 0 Å². The molecule has 2 unspecified atom stereocenters. The van der Waals surface area contributed by atoms with Crippen molar-refractivity contribution in [2.45, 2.75) is 26.0 Å². The van der Waals surface area contributed by atoms with Crippen LogP contribution in [0, 0.1) is 0 Å². The van der Waals surface area contributed by atoms with Gasteiger partial charge in [0.25, 0.3) is 0 Å². The Morgan fingerprint density at radius 1 is 1.67 bits per heavy atom. The van der Waals surface area contributed by atoms with Crippen LogP contribution in [0.2, 0.25) is 0 Å². The summed E-state index contributed by atoms with van der Waals surface area (Å²) in [4.78, 5) is 2.37. The van der Waals surface area contributed by atoms with Gasteiger partial charge < -0.3 is 10.1 Å². The quantitative estimate of drug-likeness (QED) is 0.663. The third-order valence-electron chi connectivity index (χ3n) is 2.53. The third kappa shape index (κ3) is 2.44. The van der Waals surface area contributed by atoms with Gasteiger partial charge in [-0.1, -0.05) is 0 Å². The van der Waals surface area contributed by atoms with Gasteiger partial charge in [0.05, 0.1) is 6.10 Å². The molecule has 2 atom stereocenters. The SMILES string of the molecule is CCOC(C)C1CNCCN1C. The summed E-state index contributed by atoms with van der Waals surface area (Å²) in [6.07, 6.45) is 0.341. The molecule has 0 aromatic heterocycles. The summed E-state index contributed by atoms with van der Waals surface area (Å²) in [7, 11) is 2.17. The number of nitrogens with zero attached hydrogens (tertiary/aromatic N) is 1. The van der Waals surface area contributed by atoms with E-state index in [0.29, 0.717) is 12.1 Å². The van der Waals surface area contributed by atoms with Gasteiger partial charge in [-0.25, -0.2) is 0 Å². The van der Waals surface area contributed by atoms with E-state index in [2.05, 4.69) is 24.2 Å². The Morgan fingerprint density at radius 3 is 3.00 bits per heavy atom. The highest BCUT2D eigenvalue weighted by molar-refractivity contribution is 4.81. The van der Waals surface area contributed by atoms with Crippen LogP contribution in [-0.4, -0.2) is 50.3 Å². The summed E-state index contributed by atoms with van der Waals surface area (Å²) < 4.78 is 5.57. The van der Waals surface area contributed by atoms with E-state index in [0.717, 1.165) is 26.2 Å². The molecule has 0 radical (unpaired) electrons. The van der Waals surface area contributed by atoms with Crippen molar-refractivity contribution in [1.29, 1.82) is 0 Å². The largest absolute Gasteiger partial charge is 0.377 e. The topological polar surface area (TPSA) is 24.5 Å². The minimum Gasteiger partial charge on any atom is -0.377 e. The van der Waals surface area contributed by atoms with E-state index in [1.54, 1.807) is 0 Å². The standard InChI is InChI=1S/C9H20N2O/c1-4-12-8(2)9-7-10-5-6-11(9)3/h8-10H,4-7H2,1-3H3. The molecule has 0 saturated carbocycles. The van der Waals surface area contributed by atoms with Gasteiger partial charge in [0.15, 0.2) is 0 Å². The second-order valence-corrected chi connectivity index (χ2v) is 3.41. The smallest absolute Gasteiger partial charge is 0.0714 e. The fourth-order valence-electron chi connectivity index (χ4n) is 1.73. The Bertz CT molecular complexity index is 130. The van der Waals surface area contributed by atoms with Crippen molar-refractivity contribution in [1.82, 2.24) is 10.2 Å². The predicted octanol–water partition coefficient (Wildman–Crippen LogP) is 0.315. The molecule has 1 saturated heterocycles. The Morgan fingerprint density at radius 2 is 2.42 bits per heavy atom. The van der Waals surface area contributed by atoms with Crippen LogP contribution in [0.1, 0.15) is 13.8 Å². The molecule has 12 heavy (non-hydrogen) atoms. The molecule has 0 aromatic rings. The molecular formula is C9H20N2O. The molecule has 3 heteroatoms. The molecule has 0 aliphatic carbocycles. The number of rotatable bonds is 3. The highest BCUT2D eigenvalue weighted by Gasteiger charge is 2.24. The van der Waals surface area contributed by atoms with Crippen LogP contribution in [0.5, 0.6) is 0 Å². The maximum atomic E-state index is 5.57. The van der Waals surface area contributed by atoms with Gasteiger partial charge in [-0.3, -0.25) is 4.90 Å². The van der Waals surface area contributed by atoms with Crippen molar-refractivity contribution in [3.63, 3.8) is 0 Å². The van der Waals surface area contributed by atoms with Gasteiger partial charge >= 0.3 is 0 Å². The van der Waals surface area contributed by atoms with Crippen LogP contribution in [0.15, 0.2) is 0 Å². The number of nitrogens with one attached hydrogen (secondary N) is 1. The van der Waals surface area contributed by atoms with Crippen LogP contribution in [0.3, 0.4) is 0 Å². The zero-order valence-corrected chi connectivity index (χ0v) is 8.34. The fraction of sp³-hybridized carbons (Fsp3) is 1.00. The van der Waals surface area contributed by atoms with Crippen LogP contribution in [-0.2, 0) is 4.74 Å². The summed E-state index contributed by atoms with van der Waals surface area (Å²) in [5.41, 5.74) is 0. The van der Waals surface area contributed by atoms with Crippen molar-refractivity contribution in [2.24, 2.45) is 0 Å². The van der Waals surface area contributed by atoms with Crippen molar-refractivity contribution >= 4 is 0 Å². The Kier molecular flexibility index (Phi) is 3.98. The Balaban J connectivity index is 2.36. The molecular weight excluding hydrogens is 152 g/mol. The minimum absolute atomic E-state index is 0.341. The molecule has 0 aromatic carbocycles. The van der Waals surface area contributed by atoms with Gasteiger partial charge in [-0.05, 0) is 20.9 Å². The maximum Gasteiger partial charge on any atom is 0.0714 e. The van der Waals surface area contributed by atoms with Crippen molar-refractivity contribution in [3.8, 4) is 0 Å². The normalized spacial score (nSPS) is 28.8. The summed E-state index contributed by atoms with van der Waals surface area (Å²) in [5, 5.41) is 3.38. The summed E-state index contributed by atoms with van der Waals surface area (Å²) in [6.45, 7) is 8.29. The van der Waals surface area contributed by atoms with E-state index in [4.69, 9.17) is 4.74 Å². The van der Waals surface area contributed by atoms with E-state index < -0.39 is 0 Å². The zero-order valence-electron chi connectivity index (χ0n) is 8.34. The average Bonchev–Trinajstić information content (AvgIpc) is 2.05. The number of piperazine rings is 1. The van der Waals surface area contributed by atoms with Gasteiger partial charge in [0.1, 0.15) is 0 Å². The van der Waals surface area contributed by atoms with E-state index in [1.165, 1.54) is 0 Å². The first-order valence-corrected chi connectivity index (χ1v) is 4.78. The lowest BCUT2D eigenvalue weighted by Gasteiger charge is -2.36. The lowest BCUT2D eigenvalue weighted by atomic mass is 10.1. The summed E-state index contributed by atoms with van der Waals surface area (Å²) in [5.74, 6) is 0. The predicted molar refractivity (Wildman–Crippen MR) is 50.4 cm³/mol. The monoisotopic (exact) mass is 172 g/mol. The Labute approximate surface area is 75.1 Å². The Hall–Kier alpha value is -0.120. The second-order valence-electron chi connectivity index (χ2n) is 3.41. The molecule has 72 valence electrons. The highest BCUT2D eigenvalue weighted by atomic mass is 16.5. The lowest BCUT2D eigenvalue weighted by Crippen LogP contribution is -2.54. The molecule has 1 aliphatic heterocycles. The van der Waals surface area contributed by atoms with E-state index >= 15 is 0 Å². The molecule has 3 nitrogen and oxygen atoms in total. The second kappa shape index (κ2) is 4.80. The highest BCUT2D eigenvalue weighted by Crippen LogP contribution is 2.07. The van der Waals surface area contributed by atoms with Crippen molar-refractivity contribution < 1.29 is 4.74 Å². The van der Waals surface area contributed by atoms with Crippen LogP contribution in [0.4, 0.5) is 0 Å². The fourth-order valence-corrected chi connectivity index (χ4v) is 1.73. The van der Waals surface area contributed by atoms with Crippen molar-refractivity contribution in [2.75, 3.05) is 33.3 Å². The number of hydrogen-bond acceptors (Lipinski definition) is 3. The first-order valence-electron chi connectivity index (χ1n) is 4.78. The van der Waals surface area contributed by atoms with Crippen molar-refractivity contribution in [3.05, 3.63) is 0 Å². The first-order chi connectivity index (χ1) is 5.75.